The predicted octanol–water partition coefficient (Wildman–Crippen LogP) is 2.36. The summed E-state index contributed by atoms with van der Waals surface area (Å²) in [6.07, 6.45) is 1.73. The van der Waals surface area contributed by atoms with Crippen LogP contribution >= 0.6 is 0 Å². The summed E-state index contributed by atoms with van der Waals surface area (Å²) in [4.78, 5) is 6.46. The molecule has 1 aliphatic rings. The Hall–Kier alpha value is -1.74. The molecule has 29 heavy (non-hydrogen) atoms. The quantitative estimate of drug-likeness (QED) is 0.619. The first-order chi connectivity index (χ1) is 13.8. The fraction of sp³-hybridized carbons (Fsp3) is 0.571. The summed E-state index contributed by atoms with van der Waals surface area (Å²) in [6.45, 7) is 7.93. The molecule has 0 spiro atoms. The number of ether oxygens (including phenoxy) is 2. The van der Waals surface area contributed by atoms with Crippen LogP contribution in [0.1, 0.15) is 25.1 Å². The fourth-order valence-corrected chi connectivity index (χ4v) is 5.02. The molecule has 2 heterocycles. The van der Waals surface area contributed by atoms with Crippen molar-refractivity contribution in [3.05, 3.63) is 47.8 Å². The molecule has 7 nitrogen and oxygen atoms in total. The molecule has 0 bridgehead atoms. The zero-order valence-electron chi connectivity index (χ0n) is 17.5. The second kappa shape index (κ2) is 9.84. The Labute approximate surface area is 173 Å². The van der Waals surface area contributed by atoms with E-state index in [0.29, 0.717) is 38.8 Å². The van der Waals surface area contributed by atoms with E-state index >= 15 is 0 Å². The van der Waals surface area contributed by atoms with E-state index in [1.54, 1.807) is 6.20 Å². The van der Waals surface area contributed by atoms with Crippen LogP contribution in [0.3, 0.4) is 0 Å². The molecule has 1 fully saturated rings. The van der Waals surface area contributed by atoms with Crippen molar-refractivity contribution >= 4 is 9.84 Å². The number of benzene rings is 1. The second-order valence-electron chi connectivity index (χ2n) is 8.05. The predicted molar refractivity (Wildman–Crippen MR) is 111 cm³/mol. The van der Waals surface area contributed by atoms with Crippen LogP contribution in [0, 0.1) is 5.92 Å². The molecular weight excluding hydrogens is 390 g/mol. The largest absolute Gasteiger partial charge is 0.376 e. The zero-order chi connectivity index (χ0) is 20.9. The molecule has 0 saturated carbocycles. The number of nitrogens with zero attached hydrogens (tertiary/aromatic N) is 3. The number of imidazole rings is 1. The molecular formula is C21H31N3O4S. The van der Waals surface area contributed by atoms with Gasteiger partial charge in [0.1, 0.15) is 0 Å². The lowest BCUT2D eigenvalue weighted by atomic mass is 10.2. The molecule has 3 rings (SSSR count). The van der Waals surface area contributed by atoms with Gasteiger partial charge in [0, 0.05) is 19.6 Å². The van der Waals surface area contributed by atoms with Crippen LogP contribution in [-0.2, 0) is 38.2 Å². The number of aromatic nitrogens is 2. The minimum absolute atomic E-state index is 0.0384. The molecule has 1 aromatic heterocycles. The number of rotatable bonds is 9. The van der Waals surface area contributed by atoms with Gasteiger partial charge in [0.15, 0.2) is 0 Å². The Kier molecular flexibility index (Phi) is 7.45. The van der Waals surface area contributed by atoms with Crippen LogP contribution < -0.4 is 0 Å². The van der Waals surface area contributed by atoms with Crippen LogP contribution in [0.4, 0.5) is 0 Å². The molecule has 8 heteroatoms. The van der Waals surface area contributed by atoms with Gasteiger partial charge in [0.25, 0.3) is 0 Å². The first-order valence-corrected chi connectivity index (χ1v) is 11.7. The lowest BCUT2D eigenvalue weighted by molar-refractivity contribution is -0.0964. The van der Waals surface area contributed by atoms with Crippen molar-refractivity contribution in [2.24, 2.45) is 5.92 Å². The number of hydrogen-bond acceptors (Lipinski definition) is 6. The second-order valence-corrected chi connectivity index (χ2v) is 9.93. The molecule has 0 radical (unpaired) electrons. The van der Waals surface area contributed by atoms with Crippen LogP contribution in [-0.4, -0.2) is 62.4 Å². The van der Waals surface area contributed by atoms with Gasteiger partial charge < -0.3 is 14.0 Å². The van der Waals surface area contributed by atoms with Gasteiger partial charge in [0.05, 0.1) is 43.6 Å². The van der Waals surface area contributed by atoms with E-state index in [2.05, 4.69) is 23.7 Å². The lowest BCUT2D eigenvalue weighted by Gasteiger charge is -2.27. The maximum Gasteiger partial charge on any atom is 0.228 e. The summed E-state index contributed by atoms with van der Waals surface area (Å²) >= 11 is 0. The van der Waals surface area contributed by atoms with Crippen LogP contribution in [0.5, 0.6) is 0 Å². The van der Waals surface area contributed by atoms with Gasteiger partial charge >= 0.3 is 0 Å². The average Bonchev–Trinajstić information content (AvgIpc) is 3.05. The third kappa shape index (κ3) is 6.12. The molecule has 1 unspecified atom stereocenters. The first kappa shape index (κ1) is 22.0. The van der Waals surface area contributed by atoms with Gasteiger partial charge in [-0.05, 0) is 18.5 Å². The highest BCUT2D eigenvalue weighted by molar-refractivity contribution is 7.90. The van der Waals surface area contributed by atoms with Gasteiger partial charge in [-0.1, -0.05) is 44.2 Å². The van der Waals surface area contributed by atoms with E-state index in [0.717, 1.165) is 17.8 Å². The normalized spacial score (nSPS) is 17.9. The van der Waals surface area contributed by atoms with E-state index < -0.39 is 9.84 Å². The maximum absolute atomic E-state index is 13.1. The summed E-state index contributed by atoms with van der Waals surface area (Å²) in [7, 11) is -1.54. The summed E-state index contributed by atoms with van der Waals surface area (Å²) < 4.78 is 39.2. The molecule has 1 aliphatic heterocycles. The van der Waals surface area contributed by atoms with E-state index in [-0.39, 0.29) is 17.0 Å². The smallest absolute Gasteiger partial charge is 0.228 e. The lowest BCUT2D eigenvalue weighted by Crippen LogP contribution is -2.38. The minimum Gasteiger partial charge on any atom is -0.376 e. The highest BCUT2D eigenvalue weighted by Crippen LogP contribution is 2.20. The summed E-state index contributed by atoms with van der Waals surface area (Å²) in [6, 6.07) is 9.24. The fourth-order valence-electron chi connectivity index (χ4n) is 3.52. The molecule has 0 aliphatic carbocycles. The molecule has 0 N–H and O–H groups in total. The van der Waals surface area contributed by atoms with Crippen LogP contribution in [0.25, 0.3) is 0 Å². The Morgan fingerprint density at radius 2 is 2.00 bits per heavy atom. The Morgan fingerprint density at radius 1 is 1.24 bits per heavy atom. The van der Waals surface area contributed by atoms with E-state index in [1.807, 2.05) is 41.9 Å². The molecule has 2 aromatic rings. The van der Waals surface area contributed by atoms with Crippen molar-refractivity contribution < 1.29 is 17.9 Å². The van der Waals surface area contributed by atoms with Crippen molar-refractivity contribution in [3.8, 4) is 0 Å². The van der Waals surface area contributed by atoms with E-state index in [9.17, 15) is 8.42 Å². The van der Waals surface area contributed by atoms with Gasteiger partial charge in [-0.3, -0.25) is 4.90 Å². The summed E-state index contributed by atoms with van der Waals surface area (Å²) in [5, 5.41) is 0.149. The van der Waals surface area contributed by atoms with Crippen molar-refractivity contribution in [1.82, 2.24) is 14.5 Å². The third-order valence-corrected chi connectivity index (χ3v) is 6.35. The Morgan fingerprint density at radius 3 is 2.66 bits per heavy atom. The van der Waals surface area contributed by atoms with Gasteiger partial charge in [-0.2, -0.15) is 0 Å². The molecule has 1 atom stereocenters. The topological polar surface area (TPSA) is 73.7 Å². The van der Waals surface area contributed by atoms with Crippen molar-refractivity contribution in [2.75, 3.05) is 33.4 Å². The number of sulfone groups is 1. The third-order valence-electron chi connectivity index (χ3n) is 4.76. The molecule has 160 valence electrons. The van der Waals surface area contributed by atoms with Crippen LogP contribution in [0.2, 0.25) is 0 Å². The highest BCUT2D eigenvalue weighted by atomic mass is 32.2. The highest BCUT2D eigenvalue weighted by Gasteiger charge is 2.25. The Balaban J connectivity index is 1.78. The summed E-state index contributed by atoms with van der Waals surface area (Å²) in [5.74, 6) is 0.250. The van der Waals surface area contributed by atoms with Gasteiger partial charge in [0.2, 0.25) is 15.0 Å². The average molecular weight is 422 g/mol. The van der Waals surface area contributed by atoms with Crippen molar-refractivity contribution in [2.45, 2.75) is 44.0 Å². The van der Waals surface area contributed by atoms with Crippen molar-refractivity contribution in [3.63, 3.8) is 0 Å². The monoisotopic (exact) mass is 421 g/mol. The minimum atomic E-state index is -3.54. The van der Waals surface area contributed by atoms with E-state index in [1.165, 1.54) is 0 Å². The summed E-state index contributed by atoms with van der Waals surface area (Å²) in [5.41, 5.74) is 1.66. The standard InChI is InChI=1S/C21H31N3O4S/c1-17(2)12-24-19(13-23(3)14-20-15-27-9-10-28-20)11-22-21(24)29(25,26)16-18-7-5-4-6-8-18/h4-8,11,17,20H,9-10,12-16H2,1-3H3. The SMILES string of the molecule is CC(C)Cn1c(CN(C)CC2COCCO2)cnc1S(=O)(=O)Cc1ccccc1. The maximum atomic E-state index is 13.1. The first-order valence-electron chi connectivity index (χ1n) is 10.0. The van der Waals surface area contributed by atoms with Crippen LogP contribution in [0.15, 0.2) is 41.7 Å². The van der Waals surface area contributed by atoms with Gasteiger partial charge in [-0.15, -0.1) is 0 Å². The van der Waals surface area contributed by atoms with Gasteiger partial charge in [-0.25, -0.2) is 13.4 Å². The molecule has 0 amide bonds. The number of likely N-dealkylation sites (N-methyl/N-ethyl adjacent to an activating group) is 1. The molecule has 1 aromatic carbocycles. The molecule has 1 saturated heterocycles. The van der Waals surface area contributed by atoms with E-state index in [4.69, 9.17) is 9.47 Å². The zero-order valence-corrected chi connectivity index (χ0v) is 18.3. The number of hydrogen-bond donors (Lipinski definition) is 0. The van der Waals surface area contributed by atoms with Crippen molar-refractivity contribution in [1.29, 1.82) is 0 Å². The Bertz CT molecular complexity index is 875.